The zero-order valence-corrected chi connectivity index (χ0v) is 13.6. The molecule has 2 rings (SSSR count). The lowest BCUT2D eigenvalue weighted by Crippen LogP contribution is -2.17. The molecule has 21 heavy (non-hydrogen) atoms. The van der Waals surface area contributed by atoms with Crippen LogP contribution in [0.2, 0.25) is 0 Å². The zero-order chi connectivity index (χ0) is 15.2. The number of rotatable bonds is 9. The topological polar surface area (TPSA) is 76.4 Å². The van der Waals surface area contributed by atoms with Crippen LogP contribution in [0.1, 0.15) is 53.3 Å². The Morgan fingerprint density at radius 1 is 1.38 bits per heavy atom. The van der Waals surface area contributed by atoms with Crippen LogP contribution in [0.5, 0.6) is 0 Å². The molecule has 1 amide bonds. The Bertz CT molecular complexity index is 484. The van der Waals surface area contributed by atoms with Crippen molar-refractivity contribution in [2.75, 3.05) is 38.4 Å². The molecule has 1 saturated carbocycles. The van der Waals surface area contributed by atoms with Crippen LogP contribution in [0.25, 0.3) is 0 Å². The van der Waals surface area contributed by atoms with Crippen molar-refractivity contribution in [2.24, 2.45) is 0 Å². The molecule has 0 atom stereocenters. The molecule has 5 nitrogen and oxygen atoms in total. The zero-order valence-electron chi connectivity index (χ0n) is 12.8. The van der Waals surface area contributed by atoms with Crippen LogP contribution in [0.15, 0.2) is 0 Å². The van der Waals surface area contributed by atoms with E-state index in [1.807, 2.05) is 0 Å². The molecule has 0 spiro atoms. The predicted octanol–water partition coefficient (Wildman–Crippen LogP) is 2.80. The number of anilines is 2. The van der Waals surface area contributed by atoms with Gasteiger partial charge in [-0.25, -0.2) is 0 Å². The number of hydrogen-bond acceptors (Lipinski definition) is 5. The van der Waals surface area contributed by atoms with Gasteiger partial charge in [0.15, 0.2) is 0 Å². The minimum absolute atomic E-state index is 0.0902. The fourth-order valence-electron chi connectivity index (χ4n) is 2.40. The molecule has 1 aliphatic rings. The third kappa shape index (κ3) is 4.11. The van der Waals surface area contributed by atoms with Gasteiger partial charge in [-0.2, -0.15) is 0 Å². The number of methoxy groups -OCH3 is 1. The van der Waals surface area contributed by atoms with E-state index in [0.29, 0.717) is 16.5 Å². The van der Waals surface area contributed by atoms with Crippen LogP contribution >= 0.6 is 11.3 Å². The summed E-state index contributed by atoms with van der Waals surface area (Å²) in [6, 6.07) is 0. The smallest absolute Gasteiger partial charge is 0.263 e. The fourth-order valence-corrected chi connectivity index (χ4v) is 3.58. The lowest BCUT2D eigenvalue weighted by molar-refractivity contribution is 0.0968. The molecule has 6 heteroatoms. The lowest BCUT2D eigenvalue weighted by atomic mass is 10.1. The molecule has 0 bridgehead atoms. The summed E-state index contributed by atoms with van der Waals surface area (Å²) in [7, 11) is 3.37. The molecule has 0 saturated heterocycles. The second kappa shape index (κ2) is 7.66. The maximum atomic E-state index is 11.9. The van der Waals surface area contributed by atoms with Gasteiger partial charge in [0.05, 0.1) is 10.7 Å². The van der Waals surface area contributed by atoms with Gasteiger partial charge in [-0.15, -0.1) is 11.3 Å². The predicted molar refractivity (Wildman–Crippen MR) is 88.3 cm³/mol. The SMILES string of the molecule is CNC(=O)c1sc(NCCCCCOC)c(C2CC2)c1N. The summed E-state index contributed by atoms with van der Waals surface area (Å²) >= 11 is 1.48. The van der Waals surface area contributed by atoms with Gasteiger partial charge >= 0.3 is 0 Å². The summed E-state index contributed by atoms with van der Waals surface area (Å²) in [5, 5.41) is 7.22. The highest BCUT2D eigenvalue weighted by Crippen LogP contribution is 2.50. The number of unbranched alkanes of at least 4 members (excludes halogenated alkanes) is 2. The van der Waals surface area contributed by atoms with Gasteiger partial charge in [0.1, 0.15) is 4.88 Å². The van der Waals surface area contributed by atoms with E-state index in [4.69, 9.17) is 10.5 Å². The van der Waals surface area contributed by atoms with Crippen molar-refractivity contribution in [3.8, 4) is 0 Å². The molecule has 0 aliphatic heterocycles. The normalized spacial score (nSPS) is 14.2. The number of ether oxygens (including phenoxy) is 1. The summed E-state index contributed by atoms with van der Waals surface area (Å²) in [4.78, 5) is 12.5. The molecule has 0 unspecified atom stereocenters. The van der Waals surface area contributed by atoms with Crippen LogP contribution in [-0.2, 0) is 4.74 Å². The molecule has 1 heterocycles. The van der Waals surface area contributed by atoms with Crippen molar-refractivity contribution in [3.05, 3.63) is 10.4 Å². The van der Waals surface area contributed by atoms with E-state index in [9.17, 15) is 4.79 Å². The quantitative estimate of drug-likeness (QED) is 0.613. The number of nitrogens with two attached hydrogens (primary N) is 1. The van der Waals surface area contributed by atoms with Gasteiger partial charge in [0.25, 0.3) is 5.91 Å². The van der Waals surface area contributed by atoms with Crippen molar-refractivity contribution in [2.45, 2.75) is 38.0 Å². The van der Waals surface area contributed by atoms with Crippen LogP contribution in [-0.4, -0.2) is 33.2 Å². The lowest BCUT2D eigenvalue weighted by Gasteiger charge is -2.07. The molecule has 1 aromatic rings. The number of nitrogen functional groups attached to an aromatic ring is 1. The van der Waals surface area contributed by atoms with Gasteiger partial charge in [-0.1, -0.05) is 0 Å². The van der Waals surface area contributed by atoms with E-state index in [1.54, 1.807) is 14.2 Å². The minimum atomic E-state index is -0.0902. The Morgan fingerprint density at radius 2 is 2.14 bits per heavy atom. The molecular weight excluding hydrogens is 286 g/mol. The molecule has 4 N–H and O–H groups in total. The Kier molecular flexibility index (Phi) is 5.87. The van der Waals surface area contributed by atoms with E-state index in [2.05, 4.69) is 10.6 Å². The van der Waals surface area contributed by atoms with Gasteiger partial charge in [0.2, 0.25) is 0 Å². The number of thiophene rings is 1. The van der Waals surface area contributed by atoms with E-state index >= 15 is 0 Å². The first-order valence-corrected chi connectivity index (χ1v) is 8.37. The first kappa shape index (κ1) is 16.1. The molecular formula is C15H25N3O2S. The first-order chi connectivity index (χ1) is 10.2. The number of carbonyl (C=O) groups is 1. The molecule has 118 valence electrons. The Morgan fingerprint density at radius 3 is 2.76 bits per heavy atom. The molecule has 1 aliphatic carbocycles. The number of hydrogen-bond donors (Lipinski definition) is 3. The molecule has 1 fully saturated rings. The van der Waals surface area contributed by atoms with E-state index in [1.165, 1.54) is 24.2 Å². The van der Waals surface area contributed by atoms with Gasteiger partial charge in [-0.05, 0) is 38.0 Å². The summed E-state index contributed by atoms with van der Waals surface area (Å²) in [6.45, 7) is 1.73. The number of carbonyl (C=O) groups excluding carboxylic acids is 1. The monoisotopic (exact) mass is 311 g/mol. The van der Waals surface area contributed by atoms with Crippen molar-refractivity contribution < 1.29 is 9.53 Å². The summed E-state index contributed by atoms with van der Waals surface area (Å²) in [5.41, 5.74) is 8.02. The van der Waals surface area contributed by atoms with Gasteiger partial charge in [0, 0.05) is 32.9 Å². The highest BCUT2D eigenvalue weighted by molar-refractivity contribution is 7.18. The van der Waals surface area contributed by atoms with Crippen LogP contribution in [0.3, 0.4) is 0 Å². The highest BCUT2D eigenvalue weighted by Gasteiger charge is 2.32. The third-order valence-corrected chi connectivity index (χ3v) is 4.89. The van der Waals surface area contributed by atoms with Gasteiger partial charge < -0.3 is 21.1 Å². The largest absolute Gasteiger partial charge is 0.397 e. The Balaban J connectivity index is 1.96. The molecule has 0 aromatic carbocycles. The van der Waals surface area contributed by atoms with Crippen molar-refractivity contribution >= 4 is 27.9 Å². The average molecular weight is 311 g/mol. The Labute approximate surface area is 130 Å². The maximum Gasteiger partial charge on any atom is 0.263 e. The second-order valence-corrected chi connectivity index (χ2v) is 6.44. The Hall–Kier alpha value is -1.27. The highest BCUT2D eigenvalue weighted by atomic mass is 32.1. The number of amides is 1. The molecule has 1 aromatic heterocycles. The minimum Gasteiger partial charge on any atom is -0.397 e. The first-order valence-electron chi connectivity index (χ1n) is 7.56. The summed E-state index contributed by atoms with van der Waals surface area (Å²) in [6.07, 6.45) is 5.68. The van der Waals surface area contributed by atoms with E-state index < -0.39 is 0 Å². The maximum absolute atomic E-state index is 11.9. The third-order valence-electron chi connectivity index (χ3n) is 3.71. The van der Waals surface area contributed by atoms with Crippen molar-refractivity contribution in [1.29, 1.82) is 0 Å². The van der Waals surface area contributed by atoms with Crippen LogP contribution in [0, 0.1) is 0 Å². The summed E-state index contributed by atoms with van der Waals surface area (Å²) < 4.78 is 5.04. The van der Waals surface area contributed by atoms with Gasteiger partial charge in [-0.3, -0.25) is 4.79 Å². The standard InChI is InChI=1S/C15H25N3O2S/c1-17-14(19)13-12(16)11(10-6-7-10)15(21-13)18-8-4-3-5-9-20-2/h10,18H,3-9,16H2,1-2H3,(H,17,19). The molecule has 0 radical (unpaired) electrons. The average Bonchev–Trinajstić information content (AvgIpc) is 3.26. The number of nitrogens with one attached hydrogen (secondary N) is 2. The summed E-state index contributed by atoms with van der Waals surface area (Å²) in [5.74, 6) is 0.447. The van der Waals surface area contributed by atoms with E-state index in [0.717, 1.165) is 43.0 Å². The van der Waals surface area contributed by atoms with E-state index in [-0.39, 0.29) is 5.91 Å². The van der Waals surface area contributed by atoms with Crippen LogP contribution in [0.4, 0.5) is 10.7 Å². The second-order valence-electron chi connectivity index (χ2n) is 5.42. The van der Waals surface area contributed by atoms with Crippen molar-refractivity contribution in [1.82, 2.24) is 5.32 Å². The fraction of sp³-hybridized carbons (Fsp3) is 0.667. The van der Waals surface area contributed by atoms with Crippen molar-refractivity contribution in [3.63, 3.8) is 0 Å². The van der Waals surface area contributed by atoms with Crippen LogP contribution < -0.4 is 16.4 Å².